The van der Waals surface area contributed by atoms with Gasteiger partial charge in [-0.2, -0.15) is 0 Å². The van der Waals surface area contributed by atoms with E-state index in [1.807, 2.05) is 42.6 Å². The highest BCUT2D eigenvalue weighted by molar-refractivity contribution is 5.98. The molecule has 0 N–H and O–H groups in total. The Kier molecular flexibility index (Phi) is 6.45. The average Bonchev–Trinajstić information content (AvgIpc) is 3.21. The molecule has 0 amide bonds. The van der Waals surface area contributed by atoms with Crippen LogP contribution in [0.4, 0.5) is 0 Å². The lowest BCUT2D eigenvalue weighted by Crippen LogP contribution is -2.04. The van der Waals surface area contributed by atoms with Crippen molar-refractivity contribution in [3.05, 3.63) is 60.4 Å². The van der Waals surface area contributed by atoms with Crippen molar-refractivity contribution in [3.63, 3.8) is 0 Å². The van der Waals surface area contributed by atoms with Crippen molar-refractivity contribution >= 4 is 5.97 Å². The highest BCUT2D eigenvalue weighted by atomic mass is 16.5. The first-order valence-electron chi connectivity index (χ1n) is 9.05. The van der Waals surface area contributed by atoms with Crippen LogP contribution in [0.25, 0.3) is 22.5 Å². The van der Waals surface area contributed by atoms with Gasteiger partial charge in [-0.25, -0.2) is 9.78 Å². The molecule has 2 aromatic carbocycles. The van der Waals surface area contributed by atoms with Crippen molar-refractivity contribution in [2.45, 2.75) is 13.0 Å². The summed E-state index contributed by atoms with van der Waals surface area (Å²) in [6.45, 7) is 1.52. The Bertz CT molecular complexity index is 949. The Hall–Kier alpha value is -3.12. The Morgan fingerprint density at radius 1 is 1.07 bits per heavy atom. The molecular weight excluding hydrogens is 356 g/mol. The number of nitrogens with zero attached hydrogens (tertiary/aromatic N) is 2. The van der Waals surface area contributed by atoms with Gasteiger partial charge in [0.15, 0.2) is 0 Å². The summed E-state index contributed by atoms with van der Waals surface area (Å²) in [5, 5.41) is 0. The third-order valence-electron chi connectivity index (χ3n) is 4.53. The number of aryl methyl sites for hydroxylation is 1. The van der Waals surface area contributed by atoms with E-state index in [4.69, 9.17) is 14.2 Å². The minimum atomic E-state index is -0.402. The van der Waals surface area contributed by atoms with Crippen LogP contribution in [-0.4, -0.2) is 43.5 Å². The van der Waals surface area contributed by atoms with Crippen LogP contribution in [0.5, 0.6) is 5.75 Å². The quantitative estimate of drug-likeness (QED) is 0.436. The number of imidazole rings is 1. The fraction of sp³-hybridized carbons (Fsp3) is 0.273. The summed E-state index contributed by atoms with van der Waals surface area (Å²) in [5.41, 5.74) is 3.13. The van der Waals surface area contributed by atoms with Gasteiger partial charge in [-0.05, 0) is 41.8 Å². The first-order valence-corrected chi connectivity index (χ1v) is 9.05. The molecule has 146 valence electrons. The lowest BCUT2D eigenvalue weighted by Gasteiger charge is -2.12. The zero-order valence-corrected chi connectivity index (χ0v) is 16.3. The number of ether oxygens (including phenoxy) is 3. The van der Waals surface area contributed by atoms with E-state index in [-0.39, 0.29) is 0 Å². The maximum absolute atomic E-state index is 12.3. The summed E-state index contributed by atoms with van der Waals surface area (Å²) in [6, 6.07) is 13.4. The molecule has 0 spiro atoms. The monoisotopic (exact) mass is 380 g/mol. The second-order valence-corrected chi connectivity index (χ2v) is 6.27. The summed E-state index contributed by atoms with van der Waals surface area (Å²) < 4.78 is 17.5. The number of aromatic nitrogens is 2. The SMILES string of the molecule is COCCCn1ccnc1-c1cccc(-c2ccc(OC)cc2C(=O)OC)c1. The Balaban J connectivity index is 1.99. The number of methoxy groups -OCH3 is 3. The molecule has 0 bridgehead atoms. The third kappa shape index (κ3) is 4.23. The molecule has 6 nitrogen and oxygen atoms in total. The molecule has 6 heteroatoms. The molecular formula is C22H24N2O4. The number of hydrogen-bond acceptors (Lipinski definition) is 5. The van der Waals surface area contributed by atoms with Crippen LogP contribution in [-0.2, 0) is 16.0 Å². The Labute approximate surface area is 164 Å². The van der Waals surface area contributed by atoms with Crippen LogP contribution < -0.4 is 4.74 Å². The van der Waals surface area contributed by atoms with Crippen LogP contribution in [0, 0.1) is 0 Å². The Morgan fingerprint density at radius 3 is 2.64 bits per heavy atom. The van der Waals surface area contributed by atoms with E-state index in [2.05, 4.69) is 9.55 Å². The Morgan fingerprint density at radius 2 is 1.89 bits per heavy atom. The molecule has 0 saturated heterocycles. The number of carbonyl (C=O) groups excluding carboxylic acids is 1. The number of hydrogen-bond donors (Lipinski definition) is 0. The first-order chi connectivity index (χ1) is 13.7. The van der Waals surface area contributed by atoms with Gasteiger partial charge < -0.3 is 18.8 Å². The van der Waals surface area contributed by atoms with E-state index in [0.717, 1.165) is 35.5 Å². The van der Waals surface area contributed by atoms with Gasteiger partial charge in [-0.1, -0.05) is 18.2 Å². The maximum atomic E-state index is 12.3. The summed E-state index contributed by atoms with van der Waals surface area (Å²) in [4.78, 5) is 16.8. The van der Waals surface area contributed by atoms with Gasteiger partial charge in [0.25, 0.3) is 0 Å². The van der Waals surface area contributed by atoms with Crippen molar-refractivity contribution in [3.8, 4) is 28.3 Å². The second kappa shape index (κ2) is 9.19. The zero-order valence-electron chi connectivity index (χ0n) is 16.3. The summed E-state index contributed by atoms with van der Waals surface area (Å²) in [6.07, 6.45) is 4.66. The normalized spacial score (nSPS) is 10.7. The molecule has 0 aliphatic rings. The van der Waals surface area contributed by atoms with Crippen LogP contribution in [0.15, 0.2) is 54.9 Å². The fourth-order valence-corrected chi connectivity index (χ4v) is 3.14. The summed E-state index contributed by atoms with van der Waals surface area (Å²) in [7, 11) is 4.64. The predicted molar refractivity (Wildman–Crippen MR) is 107 cm³/mol. The fourth-order valence-electron chi connectivity index (χ4n) is 3.14. The number of benzene rings is 2. The molecule has 0 aliphatic heterocycles. The number of rotatable bonds is 8. The van der Waals surface area contributed by atoms with Gasteiger partial charge in [0.1, 0.15) is 11.6 Å². The lowest BCUT2D eigenvalue weighted by atomic mass is 9.97. The van der Waals surface area contributed by atoms with Gasteiger partial charge in [-0.3, -0.25) is 0 Å². The van der Waals surface area contributed by atoms with Crippen LogP contribution >= 0.6 is 0 Å². The lowest BCUT2D eigenvalue weighted by molar-refractivity contribution is 0.0601. The van der Waals surface area contributed by atoms with E-state index < -0.39 is 5.97 Å². The van der Waals surface area contributed by atoms with Crippen LogP contribution in [0.2, 0.25) is 0 Å². The third-order valence-corrected chi connectivity index (χ3v) is 4.53. The molecule has 1 aromatic heterocycles. The minimum Gasteiger partial charge on any atom is -0.497 e. The van der Waals surface area contributed by atoms with Crippen molar-refractivity contribution < 1.29 is 19.0 Å². The highest BCUT2D eigenvalue weighted by Gasteiger charge is 2.16. The maximum Gasteiger partial charge on any atom is 0.338 e. The van der Waals surface area contributed by atoms with Gasteiger partial charge in [0.05, 0.1) is 19.8 Å². The van der Waals surface area contributed by atoms with Gasteiger partial charge in [0, 0.05) is 38.2 Å². The molecule has 0 saturated carbocycles. The average molecular weight is 380 g/mol. The predicted octanol–water partition coefficient (Wildman–Crippen LogP) is 4.05. The molecule has 28 heavy (non-hydrogen) atoms. The van der Waals surface area contributed by atoms with Crippen molar-refractivity contribution in [2.75, 3.05) is 27.9 Å². The van der Waals surface area contributed by atoms with Crippen molar-refractivity contribution in [1.29, 1.82) is 0 Å². The molecule has 0 radical (unpaired) electrons. The minimum absolute atomic E-state index is 0.402. The topological polar surface area (TPSA) is 62.6 Å². The number of esters is 1. The second-order valence-electron chi connectivity index (χ2n) is 6.27. The summed E-state index contributed by atoms with van der Waals surface area (Å²) >= 11 is 0. The van der Waals surface area contributed by atoms with Gasteiger partial charge in [-0.15, -0.1) is 0 Å². The zero-order chi connectivity index (χ0) is 19.9. The van der Waals surface area contributed by atoms with Crippen LogP contribution in [0.3, 0.4) is 0 Å². The summed E-state index contributed by atoms with van der Waals surface area (Å²) in [5.74, 6) is 1.08. The molecule has 3 rings (SSSR count). The van der Waals surface area contributed by atoms with Gasteiger partial charge >= 0.3 is 5.97 Å². The molecule has 0 unspecified atom stereocenters. The molecule has 0 fully saturated rings. The highest BCUT2D eigenvalue weighted by Crippen LogP contribution is 2.31. The largest absolute Gasteiger partial charge is 0.497 e. The van der Waals surface area contributed by atoms with Crippen LogP contribution in [0.1, 0.15) is 16.8 Å². The van der Waals surface area contributed by atoms with E-state index in [9.17, 15) is 4.79 Å². The van der Waals surface area contributed by atoms with Gasteiger partial charge in [0.2, 0.25) is 0 Å². The van der Waals surface area contributed by atoms with E-state index in [1.165, 1.54) is 7.11 Å². The standard InChI is InChI=1S/C22H24N2O4/c1-26-13-5-11-24-12-10-23-21(24)17-7-4-6-16(14-17)19-9-8-18(27-2)15-20(19)22(25)28-3/h4,6-10,12,14-15H,5,11,13H2,1-3H3. The van der Waals surface area contributed by atoms with Crippen molar-refractivity contribution in [1.82, 2.24) is 9.55 Å². The molecule has 1 heterocycles. The first kappa shape index (κ1) is 19.6. The van der Waals surface area contributed by atoms with Crippen molar-refractivity contribution in [2.24, 2.45) is 0 Å². The molecule has 3 aromatic rings. The van der Waals surface area contributed by atoms with E-state index in [1.54, 1.807) is 26.5 Å². The molecule has 0 aliphatic carbocycles. The van der Waals surface area contributed by atoms with E-state index in [0.29, 0.717) is 17.9 Å². The smallest absolute Gasteiger partial charge is 0.338 e. The number of carbonyl (C=O) groups is 1. The van der Waals surface area contributed by atoms with E-state index >= 15 is 0 Å². The molecule has 0 atom stereocenters.